The van der Waals surface area contributed by atoms with Gasteiger partial charge in [0.1, 0.15) is 6.54 Å². The minimum Gasteiger partial charge on any atom is -0.493 e. The summed E-state index contributed by atoms with van der Waals surface area (Å²) >= 11 is 0. The summed E-state index contributed by atoms with van der Waals surface area (Å²) in [4.78, 5) is 54.1. The number of amides is 2. The molecule has 10 heteroatoms. The summed E-state index contributed by atoms with van der Waals surface area (Å²) in [6, 6.07) is 9.76. The largest absolute Gasteiger partial charge is 0.493 e. The Labute approximate surface area is 214 Å². The van der Waals surface area contributed by atoms with E-state index in [9.17, 15) is 19.2 Å². The number of nitrogens with zero attached hydrogens (tertiary/aromatic N) is 3. The van der Waals surface area contributed by atoms with Gasteiger partial charge in [-0.15, -0.1) is 0 Å². The van der Waals surface area contributed by atoms with E-state index < -0.39 is 11.2 Å². The third kappa shape index (κ3) is 5.37. The molecule has 4 rings (SSSR count). The van der Waals surface area contributed by atoms with E-state index in [1.165, 1.54) is 24.9 Å². The standard InChI is InChI=1S/C27H32N4O6/c1-28-25(33)19-10-8-18(9-11-19)16-31-26(34)20-14-22(36-2)23(37-3)15-21(20)30(27(31)35)17-24(32)29-12-6-4-5-7-13-29/h8-11,14-15H,4-7,12-13,16-17H2,1-3H3,(H,28,33). The van der Waals surface area contributed by atoms with Gasteiger partial charge in [-0.2, -0.15) is 0 Å². The molecule has 2 amide bonds. The highest BCUT2D eigenvalue weighted by atomic mass is 16.5. The Morgan fingerprint density at radius 1 is 0.892 bits per heavy atom. The first kappa shape index (κ1) is 26.0. The van der Waals surface area contributed by atoms with E-state index in [4.69, 9.17) is 9.47 Å². The summed E-state index contributed by atoms with van der Waals surface area (Å²) in [6.45, 7) is 1.09. The molecule has 1 saturated heterocycles. The van der Waals surface area contributed by atoms with Crippen molar-refractivity contribution in [1.29, 1.82) is 0 Å². The van der Waals surface area contributed by atoms with Crippen molar-refractivity contribution in [3.05, 3.63) is 68.4 Å². The van der Waals surface area contributed by atoms with E-state index >= 15 is 0 Å². The van der Waals surface area contributed by atoms with Crippen molar-refractivity contribution in [2.24, 2.45) is 0 Å². The maximum Gasteiger partial charge on any atom is 0.332 e. The van der Waals surface area contributed by atoms with Crippen molar-refractivity contribution in [3.8, 4) is 11.5 Å². The van der Waals surface area contributed by atoms with E-state index in [2.05, 4.69) is 5.32 Å². The van der Waals surface area contributed by atoms with Gasteiger partial charge >= 0.3 is 5.69 Å². The van der Waals surface area contributed by atoms with Crippen LogP contribution >= 0.6 is 0 Å². The molecule has 10 nitrogen and oxygen atoms in total. The number of likely N-dealkylation sites (tertiary alicyclic amines) is 1. The van der Waals surface area contributed by atoms with Gasteiger partial charge in [-0.25, -0.2) is 4.79 Å². The van der Waals surface area contributed by atoms with Crippen LogP contribution in [0.5, 0.6) is 11.5 Å². The SMILES string of the molecule is CNC(=O)c1ccc(Cn2c(=O)c3cc(OC)c(OC)cc3n(CC(=O)N3CCCCCC3)c2=O)cc1. The van der Waals surface area contributed by atoms with Crippen molar-refractivity contribution in [1.82, 2.24) is 19.4 Å². The van der Waals surface area contributed by atoms with Crippen molar-refractivity contribution in [2.45, 2.75) is 38.8 Å². The fraction of sp³-hybridized carbons (Fsp3) is 0.407. The topological polar surface area (TPSA) is 112 Å². The summed E-state index contributed by atoms with van der Waals surface area (Å²) in [5.41, 5.74) is 0.339. The Morgan fingerprint density at radius 2 is 1.51 bits per heavy atom. The van der Waals surface area contributed by atoms with Crippen LogP contribution in [-0.4, -0.2) is 60.2 Å². The van der Waals surface area contributed by atoms with Gasteiger partial charge in [0.25, 0.3) is 11.5 Å². The lowest BCUT2D eigenvalue weighted by Crippen LogP contribution is -2.44. The fourth-order valence-electron chi connectivity index (χ4n) is 4.68. The Morgan fingerprint density at radius 3 is 2.11 bits per heavy atom. The minimum atomic E-state index is -0.594. The molecule has 0 atom stereocenters. The van der Waals surface area contributed by atoms with Crippen molar-refractivity contribution >= 4 is 22.7 Å². The normalized spacial score (nSPS) is 13.8. The highest BCUT2D eigenvalue weighted by molar-refractivity contribution is 5.94. The molecule has 1 aromatic heterocycles. The molecule has 0 unspecified atom stereocenters. The second-order valence-electron chi connectivity index (χ2n) is 9.06. The lowest BCUT2D eigenvalue weighted by atomic mass is 10.1. The monoisotopic (exact) mass is 508 g/mol. The average molecular weight is 509 g/mol. The number of ether oxygens (including phenoxy) is 2. The van der Waals surface area contributed by atoms with Crippen LogP contribution in [0.1, 0.15) is 41.6 Å². The van der Waals surface area contributed by atoms with Crippen LogP contribution in [0.3, 0.4) is 0 Å². The Bertz CT molecular complexity index is 1420. The van der Waals surface area contributed by atoms with Crippen molar-refractivity contribution in [2.75, 3.05) is 34.4 Å². The zero-order valence-electron chi connectivity index (χ0n) is 21.4. The molecule has 0 bridgehead atoms. The van der Waals surface area contributed by atoms with Gasteiger partial charge in [-0.05, 0) is 36.6 Å². The highest BCUT2D eigenvalue weighted by Crippen LogP contribution is 2.30. The van der Waals surface area contributed by atoms with E-state index in [0.29, 0.717) is 41.2 Å². The Kier molecular flexibility index (Phi) is 7.95. The molecule has 1 fully saturated rings. The van der Waals surface area contributed by atoms with E-state index in [-0.39, 0.29) is 30.3 Å². The molecule has 0 radical (unpaired) electrons. The van der Waals surface area contributed by atoms with Crippen LogP contribution in [0.25, 0.3) is 10.9 Å². The molecule has 2 heterocycles. The number of nitrogens with one attached hydrogen (secondary N) is 1. The summed E-state index contributed by atoms with van der Waals surface area (Å²) in [6.07, 6.45) is 4.01. The predicted octanol–water partition coefficient (Wildman–Crippen LogP) is 1.99. The van der Waals surface area contributed by atoms with Gasteiger partial charge in [-0.3, -0.25) is 23.5 Å². The maximum absolute atomic E-state index is 13.7. The molecule has 0 aliphatic carbocycles. The lowest BCUT2D eigenvalue weighted by molar-refractivity contribution is -0.131. The van der Waals surface area contributed by atoms with Crippen LogP contribution in [0.15, 0.2) is 46.0 Å². The summed E-state index contributed by atoms with van der Waals surface area (Å²) < 4.78 is 13.2. The van der Waals surface area contributed by atoms with E-state index in [0.717, 1.165) is 30.3 Å². The van der Waals surface area contributed by atoms with Crippen LogP contribution < -0.4 is 26.0 Å². The van der Waals surface area contributed by atoms with Gasteiger partial charge < -0.3 is 19.7 Å². The quantitative estimate of drug-likeness (QED) is 0.523. The first-order valence-corrected chi connectivity index (χ1v) is 12.4. The number of hydrogen-bond acceptors (Lipinski definition) is 6. The molecule has 1 N–H and O–H groups in total. The second-order valence-corrected chi connectivity index (χ2v) is 9.06. The highest BCUT2D eigenvalue weighted by Gasteiger charge is 2.22. The molecule has 2 aromatic carbocycles. The molecular formula is C27H32N4O6. The number of carbonyl (C=O) groups excluding carboxylic acids is 2. The lowest BCUT2D eigenvalue weighted by Gasteiger charge is -2.22. The number of fused-ring (bicyclic) bond motifs is 1. The molecule has 37 heavy (non-hydrogen) atoms. The van der Waals surface area contributed by atoms with Crippen LogP contribution in [-0.2, 0) is 17.9 Å². The van der Waals surface area contributed by atoms with Crippen LogP contribution in [0.2, 0.25) is 0 Å². The van der Waals surface area contributed by atoms with E-state index in [1.54, 1.807) is 42.3 Å². The van der Waals surface area contributed by atoms with Crippen LogP contribution in [0, 0.1) is 0 Å². The smallest absolute Gasteiger partial charge is 0.332 e. The Balaban J connectivity index is 1.82. The maximum atomic E-state index is 13.7. The predicted molar refractivity (Wildman–Crippen MR) is 140 cm³/mol. The summed E-state index contributed by atoms with van der Waals surface area (Å²) in [5.74, 6) is 0.301. The first-order valence-electron chi connectivity index (χ1n) is 12.4. The van der Waals surface area contributed by atoms with Crippen molar-refractivity contribution in [3.63, 3.8) is 0 Å². The number of carbonyl (C=O) groups is 2. The molecule has 3 aromatic rings. The molecule has 1 aliphatic heterocycles. The molecule has 1 aliphatic rings. The summed E-state index contributed by atoms with van der Waals surface area (Å²) in [7, 11) is 4.48. The molecule has 0 saturated carbocycles. The average Bonchev–Trinajstić information content (AvgIpc) is 3.22. The van der Waals surface area contributed by atoms with Gasteiger partial charge in [-0.1, -0.05) is 25.0 Å². The third-order valence-corrected chi connectivity index (χ3v) is 6.77. The zero-order chi connectivity index (χ0) is 26.5. The fourth-order valence-corrected chi connectivity index (χ4v) is 4.68. The Hall–Kier alpha value is -4.08. The first-order chi connectivity index (χ1) is 17.9. The van der Waals surface area contributed by atoms with Gasteiger partial charge in [0.2, 0.25) is 5.91 Å². The van der Waals surface area contributed by atoms with Gasteiger partial charge in [0.05, 0.1) is 31.7 Å². The molecule has 196 valence electrons. The van der Waals surface area contributed by atoms with Gasteiger partial charge in [0.15, 0.2) is 11.5 Å². The number of rotatable bonds is 7. The van der Waals surface area contributed by atoms with Crippen LogP contribution in [0.4, 0.5) is 0 Å². The van der Waals surface area contributed by atoms with E-state index in [1.807, 2.05) is 0 Å². The number of benzene rings is 2. The second kappa shape index (κ2) is 11.3. The zero-order valence-corrected chi connectivity index (χ0v) is 21.4. The molecule has 0 spiro atoms. The summed E-state index contributed by atoms with van der Waals surface area (Å²) in [5, 5.41) is 2.80. The minimum absolute atomic E-state index is 0.0200. The van der Waals surface area contributed by atoms with Crippen molar-refractivity contribution < 1.29 is 19.1 Å². The number of aromatic nitrogens is 2. The number of hydrogen-bond donors (Lipinski definition) is 1. The van der Waals surface area contributed by atoms with Gasteiger partial charge in [0, 0.05) is 31.8 Å². The number of methoxy groups -OCH3 is 2. The molecular weight excluding hydrogens is 476 g/mol. The third-order valence-electron chi connectivity index (χ3n) is 6.77.